The first kappa shape index (κ1) is 17.9. The number of nitrogens with one attached hydrogen (secondary N) is 2. The molecule has 136 valence electrons. The van der Waals surface area contributed by atoms with E-state index in [0.717, 1.165) is 16.9 Å². The maximum absolute atomic E-state index is 13.7. The molecule has 0 aliphatic carbocycles. The molecule has 3 rings (SSSR count). The second-order valence-electron chi connectivity index (χ2n) is 5.59. The first-order valence-corrected chi connectivity index (χ1v) is 8.20. The summed E-state index contributed by atoms with van der Waals surface area (Å²) in [6, 6.07) is 7.31. The highest BCUT2D eigenvalue weighted by molar-refractivity contribution is 7.12. The molecule has 1 saturated heterocycles. The fourth-order valence-electron chi connectivity index (χ4n) is 2.45. The Kier molecular flexibility index (Phi) is 4.23. The Morgan fingerprint density at radius 1 is 1.19 bits per heavy atom. The van der Waals surface area contributed by atoms with E-state index in [2.05, 4.69) is 0 Å². The minimum absolute atomic E-state index is 0.0236. The molecule has 0 radical (unpaired) electrons. The van der Waals surface area contributed by atoms with Crippen LogP contribution in [0.4, 0.5) is 23.7 Å². The van der Waals surface area contributed by atoms with Crippen LogP contribution in [0.1, 0.15) is 15.2 Å². The van der Waals surface area contributed by atoms with E-state index in [9.17, 15) is 27.6 Å². The largest absolute Gasteiger partial charge is 0.440 e. The van der Waals surface area contributed by atoms with Gasteiger partial charge in [0.15, 0.2) is 0 Å². The number of imide groups is 1. The molecule has 1 fully saturated rings. The Balaban J connectivity index is 2.00. The van der Waals surface area contributed by atoms with Crippen LogP contribution in [0.3, 0.4) is 0 Å². The monoisotopic (exact) mass is 383 g/mol. The minimum Gasteiger partial charge on any atom is -0.313 e. The van der Waals surface area contributed by atoms with Crippen molar-refractivity contribution in [3.05, 3.63) is 52.2 Å². The predicted molar refractivity (Wildman–Crippen MR) is 87.8 cm³/mol. The number of carbonyl (C=O) groups is 3. The summed E-state index contributed by atoms with van der Waals surface area (Å²) >= 11 is 0.908. The van der Waals surface area contributed by atoms with Crippen LogP contribution in [0.5, 0.6) is 0 Å². The summed E-state index contributed by atoms with van der Waals surface area (Å²) in [4.78, 5) is 37.2. The first-order chi connectivity index (χ1) is 12.2. The molecule has 6 nitrogen and oxygen atoms in total. The van der Waals surface area contributed by atoms with Gasteiger partial charge in [0.05, 0.1) is 10.6 Å². The molecule has 1 aromatic carbocycles. The van der Waals surface area contributed by atoms with Gasteiger partial charge in [-0.1, -0.05) is 23.8 Å². The predicted octanol–water partition coefficient (Wildman–Crippen LogP) is 2.80. The molecule has 0 unspecified atom stereocenters. The number of rotatable bonds is 3. The van der Waals surface area contributed by atoms with Gasteiger partial charge in [-0.25, -0.2) is 9.69 Å². The Morgan fingerprint density at radius 2 is 1.85 bits per heavy atom. The van der Waals surface area contributed by atoms with E-state index in [4.69, 9.17) is 0 Å². The third-order valence-electron chi connectivity index (χ3n) is 3.78. The van der Waals surface area contributed by atoms with Gasteiger partial charge in [0.2, 0.25) is 0 Å². The van der Waals surface area contributed by atoms with Crippen molar-refractivity contribution in [3.8, 4) is 0 Å². The van der Waals surface area contributed by atoms with Crippen LogP contribution >= 0.6 is 11.3 Å². The number of hydrogen-bond acceptors (Lipinski definition) is 4. The summed E-state index contributed by atoms with van der Waals surface area (Å²) in [5.41, 5.74) is -2.76. The van der Waals surface area contributed by atoms with Gasteiger partial charge in [-0.05, 0) is 30.5 Å². The van der Waals surface area contributed by atoms with Gasteiger partial charge < -0.3 is 5.32 Å². The maximum Gasteiger partial charge on any atom is 0.440 e. The number of urea groups is 1. The Labute approximate surface area is 149 Å². The zero-order valence-electron chi connectivity index (χ0n) is 13.3. The molecule has 0 saturated carbocycles. The van der Waals surface area contributed by atoms with Gasteiger partial charge in [0.1, 0.15) is 0 Å². The van der Waals surface area contributed by atoms with Gasteiger partial charge in [0, 0.05) is 0 Å². The zero-order chi connectivity index (χ0) is 19.1. The van der Waals surface area contributed by atoms with E-state index >= 15 is 0 Å². The average molecular weight is 383 g/mol. The number of nitrogens with zero attached hydrogens (tertiary/aromatic N) is 1. The van der Waals surface area contributed by atoms with Crippen molar-refractivity contribution in [1.29, 1.82) is 0 Å². The van der Waals surface area contributed by atoms with Crippen molar-refractivity contribution in [2.24, 2.45) is 0 Å². The smallest absolute Gasteiger partial charge is 0.313 e. The lowest BCUT2D eigenvalue weighted by atomic mass is 10.1. The Hall–Kier alpha value is -2.88. The highest BCUT2D eigenvalue weighted by atomic mass is 32.1. The van der Waals surface area contributed by atoms with E-state index in [1.807, 2.05) is 0 Å². The van der Waals surface area contributed by atoms with Crippen LogP contribution in [0.2, 0.25) is 0 Å². The normalized spacial score (nSPS) is 20.2. The molecule has 1 aliphatic rings. The van der Waals surface area contributed by atoms with E-state index in [-0.39, 0.29) is 10.6 Å². The van der Waals surface area contributed by atoms with E-state index in [0.29, 0.717) is 4.90 Å². The molecule has 4 amide bonds. The highest BCUT2D eigenvalue weighted by Gasteiger charge is 2.69. The van der Waals surface area contributed by atoms with Crippen LogP contribution in [0, 0.1) is 6.92 Å². The number of halogens is 3. The lowest BCUT2D eigenvalue weighted by molar-refractivity contribution is -0.197. The number of aryl methyl sites for hydroxylation is 1. The number of hydrogen-bond donors (Lipinski definition) is 2. The fourth-order valence-corrected chi connectivity index (χ4v) is 3.06. The summed E-state index contributed by atoms with van der Waals surface area (Å²) in [7, 11) is 0. The van der Waals surface area contributed by atoms with E-state index < -0.39 is 29.7 Å². The van der Waals surface area contributed by atoms with Crippen molar-refractivity contribution in [2.45, 2.75) is 18.8 Å². The topological polar surface area (TPSA) is 78.5 Å². The van der Waals surface area contributed by atoms with Crippen LogP contribution in [0.25, 0.3) is 0 Å². The van der Waals surface area contributed by atoms with Crippen LogP contribution in [-0.4, -0.2) is 29.7 Å². The number of anilines is 1. The standard InChI is InChI=1S/C16H12F3N3O3S/c1-9-4-6-10(7-5-9)22-13(24)15(16(17,18)19,21-14(22)25)20-12(23)11-3-2-8-26-11/h2-8H,1H3,(H,20,23)(H,21,25)/t15-/m0/s1. The molecule has 2 N–H and O–H groups in total. The third kappa shape index (κ3) is 2.81. The molecule has 1 aliphatic heterocycles. The fraction of sp³-hybridized carbons (Fsp3) is 0.188. The summed E-state index contributed by atoms with van der Waals surface area (Å²) < 4.78 is 41.2. The molecular weight excluding hydrogens is 371 g/mol. The Morgan fingerprint density at radius 3 is 2.38 bits per heavy atom. The van der Waals surface area contributed by atoms with Crippen LogP contribution in [-0.2, 0) is 4.79 Å². The molecular formula is C16H12F3N3O3S. The maximum atomic E-state index is 13.7. The summed E-state index contributed by atoms with van der Waals surface area (Å²) in [6.07, 6.45) is -5.24. The number of thiophene rings is 1. The quantitative estimate of drug-likeness (QED) is 0.800. The van der Waals surface area contributed by atoms with Crippen molar-refractivity contribution in [2.75, 3.05) is 4.90 Å². The highest BCUT2D eigenvalue weighted by Crippen LogP contribution is 2.36. The number of amides is 4. The molecule has 0 spiro atoms. The lowest BCUT2D eigenvalue weighted by Gasteiger charge is -2.29. The third-order valence-corrected chi connectivity index (χ3v) is 4.65. The van der Waals surface area contributed by atoms with Gasteiger partial charge in [0.25, 0.3) is 17.5 Å². The van der Waals surface area contributed by atoms with Crippen LogP contribution in [0.15, 0.2) is 41.8 Å². The molecule has 1 aromatic heterocycles. The minimum atomic E-state index is -5.24. The van der Waals surface area contributed by atoms with Crippen molar-refractivity contribution < 1.29 is 27.6 Å². The molecule has 2 heterocycles. The second kappa shape index (κ2) is 6.13. The molecule has 10 heteroatoms. The Bertz CT molecular complexity index is 865. The average Bonchev–Trinajstić information content (AvgIpc) is 3.16. The van der Waals surface area contributed by atoms with E-state index in [1.54, 1.807) is 29.7 Å². The van der Waals surface area contributed by atoms with Gasteiger partial charge >= 0.3 is 12.2 Å². The summed E-state index contributed by atoms with van der Waals surface area (Å²) in [5, 5.41) is 4.75. The van der Waals surface area contributed by atoms with Gasteiger partial charge in [-0.2, -0.15) is 13.2 Å². The second-order valence-corrected chi connectivity index (χ2v) is 6.53. The molecule has 26 heavy (non-hydrogen) atoms. The van der Waals surface area contributed by atoms with Crippen molar-refractivity contribution >= 4 is 34.9 Å². The van der Waals surface area contributed by atoms with Crippen molar-refractivity contribution in [1.82, 2.24) is 10.6 Å². The molecule has 1 atom stereocenters. The number of alkyl halides is 3. The lowest BCUT2D eigenvalue weighted by Crippen LogP contribution is -2.69. The van der Waals surface area contributed by atoms with Crippen LogP contribution < -0.4 is 15.5 Å². The zero-order valence-corrected chi connectivity index (χ0v) is 14.1. The van der Waals surface area contributed by atoms with Gasteiger partial charge in [-0.3, -0.25) is 14.9 Å². The van der Waals surface area contributed by atoms with E-state index in [1.165, 1.54) is 29.6 Å². The first-order valence-electron chi connectivity index (χ1n) is 7.32. The molecule has 2 aromatic rings. The molecule has 0 bridgehead atoms. The summed E-state index contributed by atoms with van der Waals surface area (Å²) in [5.74, 6) is -2.74. The summed E-state index contributed by atoms with van der Waals surface area (Å²) in [6.45, 7) is 1.75. The van der Waals surface area contributed by atoms with Gasteiger partial charge in [-0.15, -0.1) is 11.3 Å². The number of benzene rings is 1. The SMILES string of the molecule is Cc1ccc(N2C(=O)N[C@](NC(=O)c3cccs3)(C(F)(F)F)C2=O)cc1. The van der Waals surface area contributed by atoms with Crippen molar-refractivity contribution in [3.63, 3.8) is 0 Å². The number of carbonyl (C=O) groups excluding carboxylic acids is 3.